The molecule has 0 spiro atoms. The highest BCUT2D eigenvalue weighted by Crippen LogP contribution is 2.03. The van der Waals surface area contributed by atoms with Crippen molar-refractivity contribution < 1.29 is 14.3 Å². The largest absolute Gasteiger partial charge is 0.383 e. The van der Waals surface area contributed by atoms with Crippen molar-refractivity contribution in [2.75, 3.05) is 40.5 Å². The van der Waals surface area contributed by atoms with Gasteiger partial charge >= 0.3 is 0 Å². The molecule has 0 saturated carbocycles. The van der Waals surface area contributed by atoms with Gasteiger partial charge in [-0.25, -0.2) is 0 Å². The van der Waals surface area contributed by atoms with Gasteiger partial charge in [0.25, 0.3) is 0 Å². The lowest BCUT2D eigenvalue weighted by atomic mass is 10.1. The Balaban J connectivity index is 2.52. The highest BCUT2D eigenvalue weighted by atomic mass is 16.5. The number of hydrogen-bond donors (Lipinski definition) is 0. The SMILES string of the molecule is COCCN(CCOC)C(=O)Cc1ccccc1. The maximum Gasteiger partial charge on any atom is 0.227 e. The van der Waals surface area contributed by atoms with E-state index in [1.54, 1.807) is 19.1 Å². The number of rotatable bonds is 8. The molecule has 0 aliphatic rings. The Labute approximate surface area is 108 Å². The minimum atomic E-state index is 0.107. The zero-order chi connectivity index (χ0) is 13.2. The Morgan fingerprint density at radius 3 is 2.11 bits per heavy atom. The first kappa shape index (κ1) is 14.7. The Morgan fingerprint density at radius 1 is 1.06 bits per heavy atom. The van der Waals surface area contributed by atoms with Crippen molar-refractivity contribution in [3.63, 3.8) is 0 Å². The maximum absolute atomic E-state index is 12.1. The van der Waals surface area contributed by atoms with Gasteiger partial charge < -0.3 is 14.4 Å². The third-order valence-electron chi connectivity index (χ3n) is 2.68. The fourth-order valence-corrected chi connectivity index (χ4v) is 1.65. The monoisotopic (exact) mass is 251 g/mol. The van der Waals surface area contributed by atoms with Gasteiger partial charge in [0, 0.05) is 27.3 Å². The first-order chi connectivity index (χ1) is 8.77. The Hall–Kier alpha value is -1.39. The number of ether oxygens (including phenoxy) is 2. The molecule has 0 saturated heterocycles. The van der Waals surface area contributed by atoms with Crippen LogP contribution in [0.1, 0.15) is 5.56 Å². The van der Waals surface area contributed by atoms with Gasteiger partial charge in [0.2, 0.25) is 5.91 Å². The molecule has 0 aliphatic carbocycles. The first-order valence-corrected chi connectivity index (χ1v) is 6.07. The number of carbonyl (C=O) groups is 1. The van der Waals surface area contributed by atoms with Crippen LogP contribution in [0.15, 0.2) is 30.3 Å². The quantitative estimate of drug-likeness (QED) is 0.700. The van der Waals surface area contributed by atoms with Gasteiger partial charge in [0.1, 0.15) is 0 Å². The zero-order valence-electron chi connectivity index (χ0n) is 11.1. The molecule has 0 fully saturated rings. The smallest absolute Gasteiger partial charge is 0.227 e. The molecule has 1 rings (SSSR count). The summed E-state index contributed by atoms with van der Waals surface area (Å²) in [6, 6.07) is 9.75. The van der Waals surface area contributed by atoms with Gasteiger partial charge in [0.15, 0.2) is 0 Å². The molecule has 0 atom stereocenters. The van der Waals surface area contributed by atoms with Crippen LogP contribution in [0, 0.1) is 0 Å². The van der Waals surface area contributed by atoms with Gasteiger partial charge in [0.05, 0.1) is 19.6 Å². The molecule has 0 unspecified atom stereocenters. The summed E-state index contributed by atoms with van der Waals surface area (Å²) in [5.74, 6) is 0.107. The molecule has 18 heavy (non-hydrogen) atoms. The first-order valence-electron chi connectivity index (χ1n) is 6.07. The molecule has 100 valence electrons. The number of nitrogens with zero attached hydrogens (tertiary/aromatic N) is 1. The molecule has 1 aromatic rings. The number of hydrogen-bond acceptors (Lipinski definition) is 3. The van der Waals surface area contributed by atoms with Crippen LogP contribution in [0.3, 0.4) is 0 Å². The van der Waals surface area contributed by atoms with Gasteiger partial charge in [-0.05, 0) is 5.56 Å². The van der Waals surface area contributed by atoms with Crippen molar-refractivity contribution in [3.05, 3.63) is 35.9 Å². The van der Waals surface area contributed by atoms with Crippen LogP contribution < -0.4 is 0 Å². The average Bonchev–Trinajstić information content (AvgIpc) is 2.40. The summed E-state index contributed by atoms with van der Waals surface area (Å²) in [7, 11) is 3.27. The average molecular weight is 251 g/mol. The van der Waals surface area contributed by atoms with Crippen LogP contribution in [0.5, 0.6) is 0 Å². The van der Waals surface area contributed by atoms with Crippen LogP contribution in [-0.2, 0) is 20.7 Å². The number of benzene rings is 1. The predicted octanol–water partition coefficient (Wildman–Crippen LogP) is 1.35. The number of methoxy groups -OCH3 is 2. The second-order valence-corrected chi connectivity index (χ2v) is 4.03. The maximum atomic E-state index is 12.1. The van der Waals surface area contributed by atoms with E-state index in [1.165, 1.54) is 0 Å². The molecule has 0 aromatic heterocycles. The lowest BCUT2D eigenvalue weighted by molar-refractivity contribution is -0.131. The minimum absolute atomic E-state index is 0.107. The van der Waals surface area contributed by atoms with Gasteiger partial charge in [-0.1, -0.05) is 30.3 Å². The van der Waals surface area contributed by atoms with Gasteiger partial charge in [-0.2, -0.15) is 0 Å². The van der Waals surface area contributed by atoms with Crippen LogP contribution >= 0.6 is 0 Å². The lowest BCUT2D eigenvalue weighted by Gasteiger charge is -2.22. The van der Waals surface area contributed by atoms with E-state index in [-0.39, 0.29) is 5.91 Å². The van der Waals surface area contributed by atoms with Crippen molar-refractivity contribution in [3.8, 4) is 0 Å². The van der Waals surface area contributed by atoms with E-state index >= 15 is 0 Å². The standard InChI is InChI=1S/C14H21NO3/c1-17-10-8-15(9-11-18-2)14(16)12-13-6-4-3-5-7-13/h3-7H,8-12H2,1-2H3. The third kappa shape index (κ3) is 5.29. The molecule has 4 nitrogen and oxygen atoms in total. The topological polar surface area (TPSA) is 38.8 Å². The van der Waals surface area contributed by atoms with E-state index in [9.17, 15) is 4.79 Å². The summed E-state index contributed by atoms with van der Waals surface area (Å²) in [6.45, 7) is 2.30. The highest BCUT2D eigenvalue weighted by Gasteiger charge is 2.13. The molecule has 0 radical (unpaired) electrons. The molecule has 0 aliphatic heterocycles. The highest BCUT2D eigenvalue weighted by molar-refractivity contribution is 5.78. The summed E-state index contributed by atoms with van der Waals surface area (Å²) in [6.07, 6.45) is 0.425. The summed E-state index contributed by atoms with van der Waals surface area (Å²) < 4.78 is 10.0. The molecular formula is C14H21NO3. The van der Waals surface area contributed by atoms with E-state index in [0.717, 1.165) is 5.56 Å². The van der Waals surface area contributed by atoms with E-state index in [1.807, 2.05) is 30.3 Å². The normalized spacial score (nSPS) is 10.3. The van der Waals surface area contributed by atoms with E-state index in [0.29, 0.717) is 32.7 Å². The molecule has 0 heterocycles. The van der Waals surface area contributed by atoms with Gasteiger partial charge in [-0.3, -0.25) is 4.79 Å². The fourth-order valence-electron chi connectivity index (χ4n) is 1.65. The fraction of sp³-hybridized carbons (Fsp3) is 0.500. The predicted molar refractivity (Wildman–Crippen MR) is 70.5 cm³/mol. The molecule has 0 bridgehead atoms. The molecule has 0 N–H and O–H groups in total. The Bertz CT molecular complexity index is 332. The van der Waals surface area contributed by atoms with Crippen molar-refractivity contribution in [1.82, 2.24) is 4.90 Å². The van der Waals surface area contributed by atoms with Crippen LogP contribution in [0.2, 0.25) is 0 Å². The van der Waals surface area contributed by atoms with Crippen molar-refractivity contribution >= 4 is 5.91 Å². The zero-order valence-corrected chi connectivity index (χ0v) is 11.1. The second kappa shape index (κ2) is 8.66. The summed E-state index contributed by atoms with van der Waals surface area (Å²) in [5.41, 5.74) is 1.03. The summed E-state index contributed by atoms with van der Waals surface area (Å²) in [5, 5.41) is 0. The number of amides is 1. The second-order valence-electron chi connectivity index (χ2n) is 4.03. The Kier molecular flexibility index (Phi) is 7.06. The van der Waals surface area contributed by atoms with Crippen LogP contribution in [-0.4, -0.2) is 51.3 Å². The van der Waals surface area contributed by atoms with Crippen molar-refractivity contribution in [2.24, 2.45) is 0 Å². The Morgan fingerprint density at radius 2 is 1.61 bits per heavy atom. The van der Waals surface area contributed by atoms with E-state index < -0.39 is 0 Å². The molecule has 4 heteroatoms. The molecular weight excluding hydrogens is 230 g/mol. The van der Waals surface area contributed by atoms with Gasteiger partial charge in [-0.15, -0.1) is 0 Å². The van der Waals surface area contributed by atoms with Crippen LogP contribution in [0.4, 0.5) is 0 Å². The van der Waals surface area contributed by atoms with E-state index in [2.05, 4.69) is 0 Å². The summed E-state index contributed by atoms with van der Waals surface area (Å²) in [4.78, 5) is 13.9. The van der Waals surface area contributed by atoms with E-state index in [4.69, 9.17) is 9.47 Å². The molecule has 1 aromatic carbocycles. The minimum Gasteiger partial charge on any atom is -0.383 e. The van der Waals surface area contributed by atoms with Crippen molar-refractivity contribution in [2.45, 2.75) is 6.42 Å². The van der Waals surface area contributed by atoms with Crippen molar-refractivity contribution in [1.29, 1.82) is 0 Å². The van der Waals surface area contributed by atoms with Crippen LogP contribution in [0.25, 0.3) is 0 Å². The summed E-state index contributed by atoms with van der Waals surface area (Å²) >= 11 is 0. The number of carbonyl (C=O) groups excluding carboxylic acids is 1. The third-order valence-corrected chi connectivity index (χ3v) is 2.68. The molecule has 1 amide bonds. The lowest BCUT2D eigenvalue weighted by Crippen LogP contribution is -2.37.